The number of nitrogens with one attached hydrogen (secondary N) is 1. The molecule has 0 aromatic heterocycles. The van der Waals surface area contributed by atoms with E-state index in [1.54, 1.807) is 0 Å². The molecule has 3 unspecified atom stereocenters. The number of piperazine rings is 1. The van der Waals surface area contributed by atoms with E-state index in [1.807, 2.05) is 18.7 Å². The molecule has 0 saturated carbocycles. The van der Waals surface area contributed by atoms with Gasteiger partial charge in [0.2, 0.25) is 11.8 Å². The van der Waals surface area contributed by atoms with E-state index in [9.17, 15) is 9.59 Å². The highest BCUT2D eigenvalue weighted by atomic mass is 16.2. The van der Waals surface area contributed by atoms with Crippen molar-refractivity contribution in [3.8, 4) is 0 Å². The molecule has 1 aliphatic rings. The summed E-state index contributed by atoms with van der Waals surface area (Å²) < 4.78 is 0. The average Bonchev–Trinajstić information content (AvgIpc) is 2.31. The Morgan fingerprint density at radius 3 is 2.33 bits per heavy atom. The second kappa shape index (κ2) is 6.21. The first-order chi connectivity index (χ1) is 8.43. The van der Waals surface area contributed by atoms with Gasteiger partial charge in [0.25, 0.3) is 0 Å². The monoisotopic (exact) mass is 254 g/mol. The van der Waals surface area contributed by atoms with Gasteiger partial charge >= 0.3 is 0 Å². The van der Waals surface area contributed by atoms with Crippen molar-refractivity contribution in [1.29, 1.82) is 0 Å². The number of hydrogen-bond acceptors (Lipinski definition) is 2. The zero-order valence-electron chi connectivity index (χ0n) is 12.2. The zero-order valence-corrected chi connectivity index (χ0v) is 12.2. The van der Waals surface area contributed by atoms with Crippen LogP contribution in [0.2, 0.25) is 0 Å². The molecule has 4 nitrogen and oxygen atoms in total. The number of hydrogen-bond donors (Lipinski definition) is 1. The number of nitrogens with zero attached hydrogens (tertiary/aromatic N) is 1. The van der Waals surface area contributed by atoms with Crippen LogP contribution < -0.4 is 5.32 Å². The van der Waals surface area contributed by atoms with Crippen molar-refractivity contribution in [2.75, 3.05) is 0 Å². The van der Waals surface area contributed by atoms with Gasteiger partial charge in [-0.15, -0.1) is 0 Å². The van der Waals surface area contributed by atoms with Crippen LogP contribution in [0.4, 0.5) is 0 Å². The van der Waals surface area contributed by atoms with Crippen LogP contribution in [0.1, 0.15) is 53.9 Å². The number of amides is 2. The zero-order chi connectivity index (χ0) is 13.9. The summed E-state index contributed by atoms with van der Waals surface area (Å²) in [4.78, 5) is 26.3. The Balaban J connectivity index is 2.97. The molecule has 1 heterocycles. The van der Waals surface area contributed by atoms with Gasteiger partial charge in [0.05, 0.1) is 0 Å². The lowest BCUT2D eigenvalue weighted by Crippen LogP contribution is -2.65. The summed E-state index contributed by atoms with van der Waals surface area (Å²) in [5, 5.41) is 2.83. The third-order valence-corrected chi connectivity index (χ3v) is 3.79. The maximum Gasteiger partial charge on any atom is 0.246 e. The smallest absolute Gasteiger partial charge is 0.246 e. The van der Waals surface area contributed by atoms with Crippen LogP contribution in [0, 0.1) is 5.92 Å². The number of rotatable bonds is 5. The van der Waals surface area contributed by atoms with Crippen LogP contribution in [0.15, 0.2) is 0 Å². The van der Waals surface area contributed by atoms with Crippen molar-refractivity contribution in [3.63, 3.8) is 0 Å². The fraction of sp³-hybridized carbons (Fsp3) is 0.857. The Hall–Kier alpha value is -1.06. The minimum absolute atomic E-state index is 0.0212. The van der Waals surface area contributed by atoms with Gasteiger partial charge in [-0.25, -0.2) is 0 Å². The molecule has 1 aliphatic heterocycles. The lowest BCUT2D eigenvalue weighted by molar-refractivity contribution is -0.152. The quantitative estimate of drug-likeness (QED) is 0.815. The van der Waals surface area contributed by atoms with E-state index in [2.05, 4.69) is 26.1 Å². The molecule has 18 heavy (non-hydrogen) atoms. The summed E-state index contributed by atoms with van der Waals surface area (Å²) in [6, 6.07) is -0.526. The largest absolute Gasteiger partial charge is 0.343 e. The molecule has 3 atom stereocenters. The van der Waals surface area contributed by atoms with Gasteiger partial charge in [-0.05, 0) is 25.7 Å². The first-order valence-corrected chi connectivity index (χ1v) is 7.06. The summed E-state index contributed by atoms with van der Waals surface area (Å²) in [6.07, 6.45) is 2.51. The van der Waals surface area contributed by atoms with E-state index in [0.717, 1.165) is 19.3 Å². The second-order valence-electron chi connectivity index (χ2n) is 5.49. The minimum Gasteiger partial charge on any atom is -0.343 e. The highest BCUT2D eigenvalue weighted by Crippen LogP contribution is 2.22. The van der Waals surface area contributed by atoms with Crippen molar-refractivity contribution < 1.29 is 9.59 Å². The van der Waals surface area contributed by atoms with Gasteiger partial charge in [0.15, 0.2) is 0 Å². The van der Waals surface area contributed by atoms with Crippen molar-refractivity contribution in [3.05, 3.63) is 0 Å². The summed E-state index contributed by atoms with van der Waals surface area (Å²) >= 11 is 0. The Labute approximate surface area is 110 Å². The Kier molecular flexibility index (Phi) is 5.17. The molecule has 1 rings (SSSR count). The molecule has 0 radical (unpaired) electrons. The van der Waals surface area contributed by atoms with Crippen molar-refractivity contribution >= 4 is 11.8 Å². The van der Waals surface area contributed by atoms with Crippen molar-refractivity contribution in [2.45, 2.75) is 72.0 Å². The van der Waals surface area contributed by atoms with Gasteiger partial charge < -0.3 is 10.2 Å². The van der Waals surface area contributed by atoms with Gasteiger partial charge in [-0.1, -0.05) is 34.1 Å². The molecule has 1 saturated heterocycles. The molecule has 1 N–H and O–H groups in total. The van der Waals surface area contributed by atoms with E-state index < -0.39 is 0 Å². The standard InChI is InChI=1S/C14H26N2O2/c1-6-8-11-14(18)16(10(5)13(17)15-11)12(7-2)9(3)4/h9-12H,6-8H2,1-5H3,(H,15,17). The first kappa shape index (κ1) is 15.0. The maximum absolute atomic E-state index is 12.5. The molecule has 0 bridgehead atoms. The molecule has 1 fully saturated rings. The minimum atomic E-state index is -0.349. The Morgan fingerprint density at radius 1 is 1.28 bits per heavy atom. The average molecular weight is 254 g/mol. The Morgan fingerprint density at radius 2 is 1.89 bits per heavy atom. The fourth-order valence-electron chi connectivity index (χ4n) is 2.78. The van der Waals surface area contributed by atoms with E-state index in [-0.39, 0.29) is 29.9 Å². The molecular formula is C14H26N2O2. The maximum atomic E-state index is 12.5. The lowest BCUT2D eigenvalue weighted by atomic mass is 9.94. The highest BCUT2D eigenvalue weighted by molar-refractivity contribution is 5.96. The summed E-state index contributed by atoms with van der Waals surface area (Å²) in [5.74, 6) is 0.436. The molecule has 2 amide bonds. The molecule has 4 heteroatoms. The van der Waals surface area contributed by atoms with E-state index in [0.29, 0.717) is 5.92 Å². The van der Waals surface area contributed by atoms with Crippen LogP contribution in [-0.4, -0.2) is 34.8 Å². The van der Waals surface area contributed by atoms with E-state index in [1.165, 1.54) is 0 Å². The van der Waals surface area contributed by atoms with Crippen molar-refractivity contribution in [2.24, 2.45) is 5.92 Å². The predicted molar refractivity (Wildman–Crippen MR) is 72.1 cm³/mol. The van der Waals surface area contributed by atoms with Crippen LogP contribution in [-0.2, 0) is 9.59 Å². The van der Waals surface area contributed by atoms with Gasteiger partial charge in [-0.2, -0.15) is 0 Å². The Bertz CT molecular complexity index is 315. The van der Waals surface area contributed by atoms with E-state index in [4.69, 9.17) is 0 Å². The summed E-state index contributed by atoms with van der Waals surface area (Å²) in [7, 11) is 0. The van der Waals surface area contributed by atoms with Gasteiger partial charge in [-0.3, -0.25) is 9.59 Å². The SMILES string of the molecule is CCCC1NC(=O)C(C)N(C(CC)C(C)C)C1=O. The highest BCUT2D eigenvalue weighted by Gasteiger charge is 2.41. The first-order valence-electron chi connectivity index (χ1n) is 7.06. The van der Waals surface area contributed by atoms with Crippen molar-refractivity contribution in [1.82, 2.24) is 10.2 Å². The number of carbonyl (C=O) groups excluding carboxylic acids is 2. The number of carbonyl (C=O) groups is 2. The predicted octanol–water partition coefficient (Wildman–Crippen LogP) is 1.94. The van der Waals surface area contributed by atoms with E-state index >= 15 is 0 Å². The fourth-order valence-corrected chi connectivity index (χ4v) is 2.78. The summed E-state index contributed by atoms with van der Waals surface area (Å²) in [6.45, 7) is 10.1. The van der Waals surface area contributed by atoms with Crippen LogP contribution in [0.5, 0.6) is 0 Å². The molecule has 0 aromatic rings. The van der Waals surface area contributed by atoms with Crippen LogP contribution in [0.3, 0.4) is 0 Å². The van der Waals surface area contributed by atoms with Crippen LogP contribution >= 0.6 is 0 Å². The lowest BCUT2D eigenvalue weighted by Gasteiger charge is -2.43. The normalized spacial score (nSPS) is 26.4. The molecule has 0 aromatic carbocycles. The molecule has 0 spiro atoms. The van der Waals surface area contributed by atoms with Gasteiger partial charge in [0.1, 0.15) is 12.1 Å². The third-order valence-electron chi connectivity index (χ3n) is 3.79. The molecule has 104 valence electrons. The molecular weight excluding hydrogens is 228 g/mol. The second-order valence-corrected chi connectivity index (χ2v) is 5.49. The van der Waals surface area contributed by atoms with Gasteiger partial charge in [0, 0.05) is 6.04 Å². The van der Waals surface area contributed by atoms with Crippen LogP contribution in [0.25, 0.3) is 0 Å². The summed E-state index contributed by atoms with van der Waals surface area (Å²) in [5.41, 5.74) is 0. The topological polar surface area (TPSA) is 49.4 Å². The molecule has 0 aliphatic carbocycles. The third kappa shape index (κ3) is 2.85.